The lowest BCUT2D eigenvalue weighted by molar-refractivity contribution is 0.0977. The van der Waals surface area contributed by atoms with Crippen LogP contribution in [-0.4, -0.2) is 30.7 Å². The number of nitrogens with zero attached hydrogens (tertiary/aromatic N) is 1. The number of hydrogen-bond acceptors (Lipinski definition) is 4. The van der Waals surface area contributed by atoms with E-state index in [4.69, 9.17) is 28.6 Å². The summed E-state index contributed by atoms with van der Waals surface area (Å²) in [5.41, 5.74) is 2.23. The van der Waals surface area contributed by atoms with Gasteiger partial charge >= 0.3 is 0 Å². The lowest BCUT2D eigenvalue weighted by Gasteiger charge is -2.32. The van der Waals surface area contributed by atoms with Crippen molar-refractivity contribution < 1.29 is 9.53 Å². The Labute approximate surface area is 196 Å². The summed E-state index contributed by atoms with van der Waals surface area (Å²) >= 11 is 15.2. The zero-order valence-corrected chi connectivity index (χ0v) is 20.2. The highest BCUT2D eigenvalue weighted by Gasteiger charge is 2.18. The zero-order valence-electron chi connectivity index (χ0n) is 17.0. The van der Waals surface area contributed by atoms with Gasteiger partial charge in [-0.15, -0.1) is 0 Å². The number of amides is 1. The molecule has 2 aromatic carbocycles. The first-order chi connectivity index (χ1) is 14.4. The third kappa shape index (κ3) is 5.86. The Morgan fingerprint density at radius 2 is 2.00 bits per heavy atom. The molecule has 1 heterocycles. The first-order valence-corrected chi connectivity index (χ1v) is 11.5. The van der Waals surface area contributed by atoms with E-state index in [2.05, 4.69) is 38.4 Å². The number of hydrogen-bond donors (Lipinski definition) is 2. The molecule has 0 aliphatic carbocycles. The minimum Gasteiger partial charge on any atom is -0.493 e. The normalized spacial score (nSPS) is 14.3. The van der Waals surface area contributed by atoms with E-state index in [1.165, 1.54) is 12.8 Å². The summed E-state index contributed by atoms with van der Waals surface area (Å²) in [6, 6.07) is 10.9. The minimum atomic E-state index is -0.304. The summed E-state index contributed by atoms with van der Waals surface area (Å²) in [6.07, 6.45) is 2.35. The molecule has 30 heavy (non-hydrogen) atoms. The molecule has 8 heteroatoms. The Morgan fingerprint density at radius 1 is 1.27 bits per heavy atom. The average Bonchev–Trinajstić information content (AvgIpc) is 2.70. The Kier molecular flexibility index (Phi) is 7.97. The highest BCUT2D eigenvalue weighted by molar-refractivity contribution is 9.10. The maximum absolute atomic E-state index is 12.5. The van der Waals surface area contributed by atoms with Crippen molar-refractivity contribution in [1.82, 2.24) is 5.32 Å². The van der Waals surface area contributed by atoms with E-state index in [-0.39, 0.29) is 11.0 Å². The smallest absolute Gasteiger partial charge is 0.257 e. The molecule has 5 nitrogen and oxygen atoms in total. The molecule has 1 saturated heterocycles. The maximum Gasteiger partial charge on any atom is 0.257 e. The molecule has 0 atom stereocenters. The van der Waals surface area contributed by atoms with Crippen LogP contribution in [-0.2, 0) is 0 Å². The number of thiocarbonyl (C=S) groups is 1. The van der Waals surface area contributed by atoms with E-state index in [1.807, 2.05) is 25.1 Å². The van der Waals surface area contributed by atoms with Crippen molar-refractivity contribution in [2.24, 2.45) is 5.92 Å². The van der Waals surface area contributed by atoms with Crippen molar-refractivity contribution in [3.8, 4) is 5.75 Å². The molecule has 0 saturated carbocycles. The van der Waals surface area contributed by atoms with Gasteiger partial charge in [0.1, 0.15) is 5.75 Å². The van der Waals surface area contributed by atoms with E-state index in [0.717, 1.165) is 30.4 Å². The van der Waals surface area contributed by atoms with Crippen molar-refractivity contribution in [2.75, 3.05) is 29.9 Å². The topological polar surface area (TPSA) is 53.6 Å². The summed E-state index contributed by atoms with van der Waals surface area (Å²) in [7, 11) is 0. The first-order valence-electron chi connectivity index (χ1n) is 9.96. The van der Waals surface area contributed by atoms with E-state index in [0.29, 0.717) is 27.4 Å². The standard InChI is InChI=1S/C22H25BrClN3O2S/c1-3-29-20-7-4-15(12-17(20)23)21(28)26-22(30)25-16-5-6-19(18(24)13-16)27-10-8-14(2)9-11-27/h4-7,12-14H,3,8-11H2,1-2H3,(H2,25,26,28,30). The van der Waals surface area contributed by atoms with E-state index in [1.54, 1.807) is 18.2 Å². The molecule has 0 aromatic heterocycles. The van der Waals surface area contributed by atoms with Gasteiger partial charge in [-0.25, -0.2) is 0 Å². The number of carbonyl (C=O) groups excluding carboxylic acids is 1. The van der Waals surface area contributed by atoms with Crippen LogP contribution in [0.1, 0.15) is 37.0 Å². The third-order valence-corrected chi connectivity index (χ3v) is 6.18. The first kappa shape index (κ1) is 22.8. The van der Waals surface area contributed by atoms with Crippen LogP contribution in [0.25, 0.3) is 0 Å². The Morgan fingerprint density at radius 3 is 2.63 bits per heavy atom. The molecule has 1 amide bonds. The fraction of sp³-hybridized carbons (Fsp3) is 0.364. The average molecular weight is 511 g/mol. The van der Waals surface area contributed by atoms with Gasteiger partial charge in [-0.3, -0.25) is 10.1 Å². The second-order valence-electron chi connectivity index (χ2n) is 7.32. The fourth-order valence-electron chi connectivity index (χ4n) is 3.34. The molecule has 1 fully saturated rings. The highest BCUT2D eigenvalue weighted by Crippen LogP contribution is 2.32. The van der Waals surface area contributed by atoms with Gasteiger partial charge in [-0.05, 0) is 90.2 Å². The predicted molar refractivity (Wildman–Crippen MR) is 131 cm³/mol. The summed E-state index contributed by atoms with van der Waals surface area (Å²) in [6.45, 7) is 6.77. The number of piperidine rings is 1. The predicted octanol–water partition coefficient (Wildman–Crippen LogP) is 5.86. The quantitative estimate of drug-likeness (QED) is 0.493. The largest absolute Gasteiger partial charge is 0.493 e. The molecule has 1 aliphatic rings. The number of benzene rings is 2. The van der Waals surface area contributed by atoms with Gasteiger partial charge < -0.3 is 15.0 Å². The molecule has 0 radical (unpaired) electrons. The van der Waals surface area contributed by atoms with Crippen molar-refractivity contribution in [2.45, 2.75) is 26.7 Å². The van der Waals surface area contributed by atoms with Gasteiger partial charge in [0.05, 0.1) is 21.8 Å². The summed E-state index contributed by atoms with van der Waals surface area (Å²) < 4.78 is 6.18. The van der Waals surface area contributed by atoms with Gasteiger partial charge in [0.25, 0.3) is 5.91 Å². The van der Waals surface area contributed by atoms with Crippen molar-refractivity contribution in [1.29, 1.82) is 0 Å². The van der Waals surface area contributed by atoms with Crippen LogP contribution < -0.4 is 20.3 Å². The second-order valence-corrected chi connectivity index (χ2v) is 8.99. The molecule has 0 unspecified atom stereocenters. The van der Waals surface area contributed by atoms with Crippen LogP contribution >= 0.6 is 39.7 Å². The zero-order chi connectivity index (χ0) is 21.7. The Balaban J connectivity index is 1.60. The lowest BCUT2D eigenvalue weighted by Crippen LogP contribution is -2.34. The third-order valence-electron chi connectivity index (χ3n) is 5.05. The van der Waals surface area contributed by atoms with Crippen molar-refractivity contribution in [3.05, 3.63) is 51.5 Å². The molecule has 1 aliphatic heterocycles. The van der Waals surface area contributed by atoms with Crippen LogP contribution in [0.5, 0.6) is 5.75 Å². The number of rotatable bonds is 5. The number of ether oxygens (including phenoxy) is 1. The summed E-state index contributed by atoms with van der Waals surface area (Å²) in [5.74, 6) is 1.15. The minimum absolute atomic E-state index is 0.209. The van der Waals surface area contributed by atoms with Gasteiger partial charge in [0, 0.05) is 24.3 Å². The molecule has 0 bridgehead atoms. The van der Waals surface area contributed by atoms with Gasteiger partial charge in [0.15, 0.2) is 5.11 Å². The van der Waals surface area contributed by atoms with Crippen LogP contribution in [0.15, 0.2) is 40.9 Å². The molecular weight excluding hydrogens is 486 g/mol. The van der Waals surface area contributed by atoms with Gasteiger partial charge in [-0.2, -0.15) is 0 Å². The SMILES string of the molecule is CCOc1ccc(C(=O)NC(=S)Nc2ccc(N3CCC(C)CC3)c(Cl)c2)cc1Br. The van der Waals surface area contributed by atoms with E-state index < -0.39 is 0 Å². The maximum atomic E-state index is 12.5. The molecule has 2 aromatic rings. The summed E-state index contributed by atoms with van der Waals surface area (Å²) in [5, 5.41) is 6.59. The fourth-order valence-corrected chi connectivity index (χ4v) is 4.35. The van der Waals surface area contributed by atoms with Crippen molar-refractivity contribution in [3.63, 3.8) is 0 Å². The van der Waals surface area contributed by atoms with E-state index >= 15 is 0 Å². The molecule has 3 rings (SSSR count). The number of halogens is 2. The van der Waals surface area contributed by atoms with Crippen LogP contribution in [0, 0.1) is 5.92 Å². The molecule has 2 N–H and O–H groups in total. The monoisotopic (exact) mass is 509 g/mol. The van der Waals surface area contributed by atoms with Crippen LogP contribution in [0.2, 0.25) is 5.02 Å². The Bertz CT molecular complexity index is 933. The number of anilines is 2. The molecule has 0 spiro atoms. The highest BCUT2D eigenvalue weighted by atomic mass is 79.9. The second kappa shape index (κ2) is 10.5. The van der Waals surface area contributed by atoms with E-state index in [9.17, 15) is 4.79 Å². The molecular formula is C22H25BrClN3O2S. The number of carbonyl (C=O) groups is 1. The summed E-state index contributed by atoms with van der Waals surface area (Å²) in [4.78, 5) is 14.8. The van der Waals surface area contributed by atoms with Gasteiger partial charge in [-0.1, -0.05) is 18.5 Å². The number of nitrogens with one attached hydrogen (secondary N) is 2. The van der Waals surface area contributed by atoms with Crippen LogP contribution in [0.3, 0.4) is 0 Å². The molecule has 160 valence electrons. The lowest BCUT2D eigenvalue weighted by atomic mass is 9.99. The van der Waals surface area contributed by atoms with Crippen molar-refractivity contribution >= 4 is 62.1 Å². The Hall–Kier alpha value is -1.83. The van der Waals surface area contributed by atoms with Gasteiger partial charge in [0.2, 0.25) is 0 Å². The van der Waals surface area contributed by atoms with Crippen LogP contribution in [0.4, 0.5) is 11.4 Å².